The molecule has 0 aromatic heterocycles. The molecule has 0 radical (unpaired) electrons. The van der Waals surface area contributed by atoms with Crippen molar-refractivity contribution >= 4 is 23.3 Å². The zero-order chi connectivity index (χ0) is 18.8. The number of benzene rings is 2. The molecule has 0 spiro atoms. The van der Waals surface area contributed by atoms with Crippen LogP contribution >= 0.6 is 0 Å². The summed E-state index contributed by atoms with van der Waals surface area (Å²) in [6, 6.07) is 15.7. The van der Waals surface area contributed by atoms with E-state index in [9.17, 15) is 14.4 Å². The molecule has 26 heavy (non-hydrogen) atoms. The van der Waals surface area contributed by atoms with Crippen LogP contribution in [0.25, 0.3) is 0 Å². The molecule has 0 saturated carbocycles. The highest BCUT2D eigenvalue weighted by atomic mass is 16.5. The first-order chi connectivity index (χ1) is 12.6. The zero-order valence-corrected chi connectivity index (χ0v) is 14.9. The van der Waals surface area contributed by atoms with Crippen LogP contribution in [0.15, 0.2) is 54.6 Å². The van der Waals surface area contributed by atoms with Crippen LogP contribution in [0.5, 0.6) is 0 Å². The van der Waals surface area contributed by atoms with Crippen LogP contribution in [0.1, 0.15) is 53.3 Å². The number of Topliss-reactive ketones (excluding diaryl/α,β-unsaturated/α-hetero) is 1. The van der Waals surface area contributed by atoms with Crippen molar-refractivity contribution < 1.29 is 19.1 Å². The maximum absolute atomic E-state index is 12.0. The number of anilines is 1. The fourth-order valence-corrected chi connectivity index (χ4v) is 2.40. The van der Waals surface area contributed by atoms with Crippen LogP contribution in [0.3, 0.4) is 0 Å². The lowest BCUT2D eigenvalue weighted by Gasteiger charge is -2.08. The molecule has 2 aromatic carbocycles. The molecule has 0 bridgehead atoms. The van der Waals surface area contributed by atoms with Gasteiger partial charge < -0.3 is 10.1 Å². The SMILES string of the molecule is CCCOC(=O)c1cccc(NC(=O)CCCC(=O)c2ccccc2)c1. The van der Waals surface area contributed by atoms with Gasteiger partial charge in [0.2, 0.25) is 5.91 Å². The van der Waals surface area contributed by atoms with E-state index in [4.69, 9.17) is 4.74 Å². The van der Waals surface area contributed by atoms with Crippen molar-refractivity contribution in [2.45, 2.75) is 32.6 Å². The second-order valence-corrected chi connectivity index (χ2v) is 5.91. The second kappa shape index (κ2) is 10.1. The summed E-state index contributed by atoms with van der Waals surface area (Å²) in [7, 11) is 0. The molecule has 5 nitrogen and oxygen atoms in total. The van der Waals surface area contributed by atoms with Crippen molar-refractivity contribution in [2.75, 3.05) is 11.9 Å². The predicted molar refractivity (Wildman–Crippen MR) is 100 cm³/mol. The molecule has 0 unspecified atom stereocenters. The number of carbonyl (C=O) groups excluding carboxylic acids is 3. The minimum Gasteiger partial charge on any atom is -0.462 e. The Bertz CT molecular complexity index is 756. The lowest BCUT2D eigenvalue weighted by molar-refractivity contribution is -0.116. The number of ketones is 1. The van der Waals surface area contributed by atoms with E-state index in [2.05, 4.69) is 5.32 Å². The molecule has 1 amide bonds. The third kappa shape index (κ3) is 6.16. The molecule has 5 heteroatoms. The van der Waals surface area contributed by atoms with E-state index in [1.165, 1.54) is 0 Å². The summed E-state index contributed by atoms with van der Waals surface area (Å²) in [6.45, 7) is 2.29. The average molecular weight is 353 g/mol. The summed E-state index contributed by atoms with van der Waals surface area (Å²) in [4.78, 5) is 35.9. The minimum absolute atomic E-state index is 0.0269. The summed E-state index contributed by atoms with van der Waals surface area (Å²) in [5.74, 6) is -0.569. The van der Waals surface area contributed by atoms with Crippen LogP contribution in [0, 0.1) is 0 Å². The van der Waals surface area contributed by atoms with E-state index in [1.54, 1.807) is 36.4 Å². The normalized spacial score (nSPS) is 10.2. The lowest BCUT2D eigenvalue weighted by atomic mass is 10.1. The van der Waals surface area contributed by atoms with E-state index in [-0.39, 0.29) is 18.1 Å². The third-order valence-electron chi connectivity index (χ3n) is 3.72. The molecule has 0 aliphatic heterocycles. The predicted octanol–water partition coefficient (Wildman–Crippen LogP) is 4.25. The molecule has 2 aromatic rings. The van der Waals surface area contributed by atoms with Crippen LogP contribution in [0.4, 0.5) is 5.69 Å². The topological polar surface area (TPSA) is 72.5 Å². The maximum Gasteiger partial charge on any atom is 0.338 e. The second-order valence-electron chi connectivity index (χ2n) is 5.91. The van der Waals surface area contributed by atoms with Crippen molar-refractivity contribution in [3.05, 3.63) is 65.7 Å². The van der Waals surface area contributed by atoms with Crippen LogP contribution in [0.2, 0.25) is 0 Å². The first-order valence-corrected chi connectivity index (χ1v) is 8.75. The Balaban J connectivity index is 1.80. The van der Waals surface area contributed by atoms with E-state index in [0.717, 1.165) is 6.42 Å². The summed E-state index contributed by atoms with van der Waals surface area (Å²) in [5.41, 5.74) is 1.59. The van der Waals surface area contributed by atoms with Gasteiger partial charge in [-0.3, -0.25) is 9.59 Å². The van der Waals surface area contributed by atoms with Gasteiger partial charge in [-0.2, -0.15) is 0 Å². The Morgan fingerprint density at radius 3 is 2.38 bits per heavy atom. The zero-order valence-electron chi connectivity index (χ0n) is 14.9. The highest BCUT2D eigenvalue weighted by molar-refractivity contribution is 5.97. The van der Waals surface area contributed by atoms with Gasteiger partial charge in [-0.05, 0) is 31.0 Å². The quantitative estimate of drug-likeness (QED) is 0.540. The first kappa shape index (κ1) is 19.4. The van der Waals surface area contributed by atoms with Gasteiger partial charge in [-0.15, -0.1) is 0 Å². The van der Waals surface area contributed by atoms with Gasteiger partial charge in [0.25, 0.3) is 0 Å². The van der Waals surface area contributed by atoms with Crippen LogP contribution in [-0.4, -0.2) is 24.3 Å². The molecule has 0 aliphatic carbocycles. The number of rotatable bonds is 9. The number of amides is 1. The van der Waals surface area contributed by atoms with Crippen molar-refractivity contribution in [1.29, 1.82) is 0 Å². The van der Waals surface area contributed by atoms with E-state index >= 15 is 0 Å². The Kier molecular flexibility index (Phi) is 7.55. The van der Waals surface area contributed by atoms with Gasteiger partial charge in [0.05, 0.1) is 12.2 Å². The Morgan fingerprint density at radius 1 is 0.923 bits per heavy atom. The molecule has 0 heterocycles. The summed E-state index contributed by atoms with van der Waals surface area (Å²) >= 11 is 0. The minimum atomic E-state index is -0.406. The lowest BCUT2D eigenvalue weighted by Crippen LogP contribution is -2.13. The number of nitrogens with one attached hydrogen (secondary N) is 1. The Hall–Kier alpha value is -2.95. The maximum atomic E-state index is 12.0. The molecule has 136 valence electrons. The van der Waals surface area contributed by atoms with Gasteiger partial charge in [0.1, 0.15) is 0 Å². The van der Waals surface area contributed by atoms with E-state index < -0.39 is 5.97 Å². The highest BCUT2D eigenvalue weighted by Crippen LogP contribution is 2.13. The monoisotopic (exact) mass is 353 g/mol. The molecule has 0 fully saturated rings. The molecule has 0 aliphatic rings. The molecule has 1 N–H and O–H groups in total. The van der Waals surface area contributed by atoms with Gasteiger partial charge in [-0.1, -0.05) is 43.3 Å². The third-order valence-corrected chi connectivity index (χ3v) is 3.72. The van der Waals surface area contributed by atoms with E-state index in [1.807, 2.05) is 25.1 Å². The highest BCUT2D eigenvalue weighted by Gasteiger charge is 2.10. The summed E-state index contributed by atoms with van der Waals surface area (Å²) < 4.78 is 5.08. The van der Waals surface area contributed by atoms with E-state index in [0.29, 0.717) is 36.3 Å². The molecular formula is C21H23NO4. The van der Waals surface area contributed by atoms with Crippen molar-refractivity contribution in [3.8, 4) is 0 Å². The number of hydrogen-bond acceptors (Lipinski definition) is 4. The van der Waals surface area contributed by atoms with Crippen LogP contribution < -0.4 is 5.32 Å². The summed E-state index contributed by atoms with van der Waals surface area (Å²) in [5, 5.41) is 2.75. The van der Waals surface area contributed by atoms with Crippen molar-refractivity contribution in [1.82, 2.24) is 0 Å². The Labute approximate surface area is 153 Å². The molecule has 0 atom stereocenters. The first-order valence-electron chi connectivity index (χ1n) is 8.75. The van der Waals surface area contributed by atoms with Gasteiger partial charge in [0, 0.05) is 24.1 Å². The Morgan fingerprint density at radius 2 is 1.65 bits per heavy atom. The number of hydrogen-bond donors (Lipinski definition) is 1. The molecule has 0 saturated heterocycles. The number of carbonyl (C=O) groups is 3. The van der Waals surface area contributed by atoms with Crippen molar-refractivity contribution in [3.63, 3.8) is 0 Å². The van der Waals surface area contributed by atoms with Crippen molar-refractivity contribution in [2.24, 2.45) is 0 Å². The smallest absolute Gasteiger partial charge is 0.338 e. The fourth-order valence-electron chi connectivity index (χ4n) is 2.40. The largest absolute Gasteiger partial charge is 0.462 e. The van der Waals surface area contributed by atoms with Gasteiger partial charge >= 0.3 is 5.97 Å². The fraction of sp³-hybridized carbons (Fsp3) is 0.286. The van der Waals surface area contributed by atoms with Gasteiger partial charge in [-0.25, -0.2) is 4.79 Å². The number of ether oxygens (including phenoxy) is 1. The standard InChI is InChI=1S/C21H23NO4/c1-2-14-26-21(25)17-10-6-11-18(15-17)22-20(24)13-7-12-19(23)16-8-4-3-5-9-16/h3-6,8-11,15H,2,7,12-14H2,1H3,(H,22,24). The van der Waals surface area contributed by atoms with Crippen LogP contribution in [-0.2, 0) is 9.53 Å². The molecule has 2 rings (SSSR count). The molecular weight excluding hydrogens is 330 g/mol. The van der Waals surface area contributed by atoms with Gasteiger partial charge in [0.15, 0.2) is 5.78 Å². The summed E-state index contributed by atoms with van der Waals surface area (Å²) in [6.07, 6.45) is 1.78. The average Bonchev–Trinajstić information content (AvgIpc) is 2.66. The number of esters is 1.